The molecule has 1 heterocycles. The second-order valence-corrected chi connectivity index (χ2v) is 5.12. The van der Waals surface area contributed by atoms with Crippen molar-refractivity contribution in [2.45, 2.75) is 32.9 Å². The van der Waals surface area contributed by atoms with E-state index in [9.17, 15) is 5.11 Å². The maximum absolute atomic E-state index is 10.5. The molecule has 2 rings (SSSR count). The third-order valence-electron chi connectivity index (χ3n) is 3.63. The highest BCUT2D eigenvalue weighted by Gasteiger charge is 2.33. The van der Waals surface area contributed by atoms with Crippen LogP contribution in [0, 0.1) is 6.92 Å². The third kappa shape index (κ3) is 2.35. The Hall–Kier alpha value is -0.770. The minimum atomic E-state index is -0.536. The van der Waals surface area contributed by atoms with Crippen LogP contribution in [-0.2, 0) is 0 Å². The van der Waals surface area contributed by atoms with E-state index in [-0.39, 0.29) is 6.04 Å². The van der Waals surface area contributed by atoms with Gasteiger partial charge in [-0.25, -0.2) is 0 Å². The van der Waals surface area contributed by atoms with Gasteiger partial charge in [-0.2, -0.15) is 0 Å². The molecule has 0 radical (unpaired) electrons. The molecule has 0 bridgehead atoms. The highest BCUT2D eigenvalue weighted by Crippen LogP contribution is 2.38. The van der Waals surface area contributed by atoms with Crippen LogP contribution in [0.5, 0.6) is 5.75 Å². The Kier molecular flexibility index (Phi) is 4.15. The van der Waals surface area contributed by atoms with E-state index < -0.39 is 6.10 Å². The summed E-state index contributed by atoms with van der Waals surface area (Å²) in [6, 6.07) is 3.68. The van der Waals surface area contributed by atoms with Crippen molar-refractivity contribution in [1.29, 1.82) is 0 Å². The van der Waals surface area contributed by atoms with E-state index in [1.165, 1.54) is 0 Å². The van der Waals surface area contributed by atoms with Gasteiger partial charge < -0.3 is 9.84 Å². The van der Waals surface area contributed by atoms with E-state index in [4.69, 9.17) is 16.3 Å². The first-order valence-electron chi connectivity index (χ1n) is 6.43. The smallest absolute Gasteiger partial charge is 0.128 e. The van der Waals surface area contributed by atoms with Crippen molar-refractivity contribution in [1.82, 2.24) is 4.90 Å². The quantitative estimate of drug-likeness (QED) is 0.916. The standard InChI is InChI=1S/C14H20ClNO2/c1-4-16(5-2)12-8-18-14-9(3)6-10(15)7-11(14)13(12)17/h6-7,12-13,17H,4-5,8H2,1-3H3. The van der Waals surface area contributed by atoms with Crippen molar-refractivity contribution in [3.63, 3.8) is 0 Å². The average molecular weight is 270 g/mol. The van der Waals surface area contributed by atoms with Gasteiger partial charge >= 0.3 is 0 Å². The van der Waals surface area contributed by atoms with E-state index in [1.807, 2.05) is 19.1 Å². The summed E-state index contributed by atoms with van der Waals surface area (Å²) >= 11 is 6.06. The summed E-state index contributed by atoms with van der Waals surface area (Å²) in [5.74, 6) is 0.787. The fourth-order valence-corrected chi connectivity index (χ4v) is 2.92. The lowest BCUT2D eigenvalue weighted by Gasteiger charge is -2.37. The van der Waals surface area contributed by atoms with Gasteiger partial charge in [0.25, 0.3) is 0 Å². The van der Waals surface area contributed by atoms with E-state index in [2.05, 4.69) is 18.7 Å². The summed E-state index contributed by atoms with van der Waals surface area (Å²) in [7, 11) is 0. The zero-order valence-corrected chi connectivity index (χ0v) is 11.9. The van der Waals surface area contributed by atoms with Gasteiger partial charge in [0, 0.05) is 10.6 Å². The summed E-state index contributed by atoms with van der Waals surface area (Å²) in [6.45, 7) is 8.46. The molecular weight excluding hydrogens is 250 g/mol. The summed E-state index contributed by atoms with van der Waals surface area (Å²) in [6.07, 6.45) is -0.536. The van der Waals surface area contributed by atoms with E-state index in [0.717, 1.165) is 30.0 Å². The SMILES string of the molecule is CCN(CC)C1COc2c(C)cc(Cl)cc2C1O. The van der Waals surface area contributed by atoms with Gasteiger partial charge in [0.2, 0.25) is 0 Å². The minimum absolute atomic E-state index is 0.00497. The minimum Gasteiger partial charge on any atom is -0.491 e. The van der Waals surface area contributed by atoms with Crippen LogP contribution in [-0.4, -0.2) is 35.7 Å². The third-order valence-corrected chi connectivity index (χ3v) is 3.85. The fourth-order valence-electron chi connectivity index (χ4n) is 2.64. The second kappa shape index (κ2) is 5.47. The molecule has 1 aromatic rings. The highest BCUT2D eigenvalue weighted by molar-refractivity contribution is 6.30. The van der Waals surface area contributed by atoms with Crippen LogP contribution in [0.25, 0.3) is 0 Å². The Balaban J connectivity index is 2.35. The molecule has 3 nitrogen and oxygen atoms in total. The summed E-state index contributed by atoms with van der Waals surface area (Å²) in [5, 5.41) is 11.2. The Bertz CT molecular complexity index is 432. The summed E-state index contributed by atoms with van der Waals surface area (Å²) in [4.78, 5) is 2.21. The molecule has 0 saturated heterocycles. The molecule has 2 unspecified atom stereocenters. The van der Waals surface area contributed by atoms with Crippen LogP contribution in [0.3, 0.4) is 0 Å². The molecule has 0 aromatic heterocycles. The van der Waals surface area contributed by atoms with Gasteiger partial charge in [0.05, 0.1) is 6.04 Å². The maximum Gasteiger partial charge on any atom is 0.128 e. The van der Waals surface area contributed by atoms with Crippen LogP contribution < -0.4 is 4.74 Å². The first-order chi connectivity index (χ1) is 8.58. The molecule has 4 heteroatoms. The number of nitrogens with zero attached hydrogens (tertiary/aromatic N) is 1. The number of rotatable bonds is 3. The lowest BCUT2D eigenvalue weighted by molar-refractivity contribution is 0.00759. The van der Waals surface area contributed by atoms with Crippen molar-refractivity contribution < 1.29 is 9.84 Å². The number of halogens is 1. The second-order valence-electron chi connectivity index (χ2n) is 4.69. The molecule has 1 aliphatic rings. The normalized spacial score (nSPS) is 22.8. The predicted octanol–water partition coefficient (Wildman–Crippen LogP) is 2.78. The van der Waals surface area contributed by atoms with E-state index >= 15 is 0 Å². The van der Waals surface area contributed by atoms with Crippen molar-refractivity contribution in [2.24, 2.45) is 0 Å². The van der Waals surface area contributed by atoms with Crippen molar-refractivity contribution >= 4 is 11.6 Å². The zero-order chi connectivity index (χ0) is 13.3. The maximum atomic E-state index is 10.5. The Morgan fingerprint density at radius 3 is 2.67 bits per heavy atom. The molecule has 0 amide bonds. The highest BCUT2D eigenvalue weighted by atomic mass is 35.5. The fraction of sp³-hybridized carbons (Fsp3) is 0.571. The Morgan fingerprint density at radius 1 is 1.39 bits per heavy atom. The molecule has 0 saturated carbocycles. The first kappa shape index (κ1) is 13.7. The molecular formula is C14H20ClNO2. The first-order valence-corrected chi connectivity index (χ1v) is 6.81. The van der Waals surface area contributed by atoms with E-state index in [0.29, 0.717) is 11.6 Å². The van der Waals surface area contributed by atoms with Crippen LogP contribution in [0.15, 0.2) is 12.1 Å². The summed E-state index contributed by atoms with van der Waals surface area (Å²) < 4.78 is 5.82. The largest absolute Gasteiger partial charge is 0.491 e. The van der Waals surface area contributed by atoms with Gasteiger partial charge in [-0.05, 0) is 37.7 Å². The van der Waals surface area contributed by atoms with Crippen molar-refractivity contribution in [3.05, 3.63) is 28.3 Å². The lowest BCUT2D eigenvalue weighted by atomic mass is 9.96. The van der Waals surface area contributed by atoms with Crippen molar-refractivity contribution in [2.75, 3.05) is 19.7 Å². The van der Waals surface area contributed by atoms with Gasteiger partial charge in [0.1, 0.15) is 18.5 Å². The van der Waals surface area contributed by atoms with Gasteiger partial charge in [-0.15, -0.1) is 0 Å². The van der Waals surface area contributed by atoms with Gasteiger partial charge in [0.15, 0.2) is 0 Å². The van der Waals surface area contributed by atoms with Crippen molar-refractivity contribution in [3.8, 4) is 5.75 Å². The number of hydrogen-bond acceptors (Lipinski definition) is 3. The molecule has 1 N–H and O–H groups in total. The van der Waals surface area contributed by atoms with Crippen LogP contribution in [0.1, 0.15) is 31.1 Å². The summed E-state index contributed by atoms with van der Waals surface area (Å²) in [5.41, 5.74) is 1.79. The molecule has 0 spiro atoms. The van der Waals surface area contributed by atoms with Gasteiger partial charge in [-0.1, -0.05) is 25.4 Å². The number of fused-ring (bicyclic) bond motifs is 1. The monoisotopic (exact) mass is 269 g/mol. The molecule has 0 aliphatic carbocycles. The lowest BCUT2D eigenvalue weighted by Crippen LogP contribution is -2.45. The molecule has 1 aromatic carbocycles. The molecule has 18 heavy (non-hydrogen) atoms. The number of aryl methyl sites for hydroxylation is 1. The molecule has 1 aliphatic heterocycles. The number of likely N-dealkylation sites (N-methyl/N-ethyl adjacent to an activating group) is 1. The molecule has 2 atom stereocenters. The predicted molar refractivity (Wildman–Crippen MR) is 73.4 cm³/mol. The van der Waals surface area contributed by atoms with Crippen LogP contribution in [0.4, 0.5) is 0 Å². The number of aliphatic hydroxyl groups excluding tert-OH is 1. The van der Waals surface area contributed by atoms with Gasteiger partial charge in [-0.3, -0.25) is 4.90 Å². The number of ether oxygens (including phenoxy) is 1. The Morgan fingerprint density at radius 2 is 2.06 bits per heavy atom. The number of benzene rings is 1. The van der Waals surface area contributed by atoms with Crippen LogP contribution >= 0.6 is 11.6 Å². The average Bonchev–Trinajstić information content (AvgIpc) is 2.34. The molecule has 0 fully saturated rings. The van der Waals surface area contributed by atoms with Crippen LogP contribution in [0.2, 0.25) is 5.02 Å². The molecule has 100 valence electrons. The number of hydrogen-bond donors (Lipinski definition) is 1. The topological polar surface area (TPSA) is 32.7 Å². The Labute approximate surface area is 113 Å². The van der Waals surface area contributed by atoms with E-state index in [1.54, 1.807) is 0 Å². The zero-order valence-electron chi connectivity index (χ0n) is 11.1. The number of aliphatic hydroxyl groups is 1.